The van der Waals surface area contributed by atoms with Gasteiger partial charge in [-0.25, -0.2) is 13.4 Å². The van der Waals surface area contributed by atoms with Gasteiger partial charge < -0.3 is 10.1 Å². The Morgan fingerprint density at radius 1 is 1.10 bits per heavy atom. The zero-order valence-electron chi connectivity index (χ0n) is 17.3. The maximum Gasteiger partial charge on any atom is 0.263 e. The average Bonchev–Trinajstić information content (AvgIpc) is 3.07. The van der Waals surface area contributed by atoms with Crippen molar-refractivity contribution in [2.45, 2.75) is 38.3 Å². The van der Waals surface area contributed by atoms with Gasteiger partial charge in [-0.1, -0.05) is 29.8 Å². The average molecular weight is 445 g/mol. The molecule has 0 spiro atoms. The summed E-state index contributed by atoms with van der Waals surface area (Å²) in [5, 5.41) is 3.67. The van der Waals surface area contributed by atoms with Crippen LogP contribution in [0.25, 0.3) is 0 Å². The SMILES string of the molecule is Cc1ccc(OCc2nc(C)c(C(=O)NC(C)c3ccc(S(C)(=O)=O)cc3)s2)cc1. The Balaban J connectivity index is 1.64. The number of carbonyl (C=O) groups excluding carboxylic acids is 1. The first-order valence-corrected chi connectivity index (χ1v) is 12.1. The van der Waals surface area contributed by atoms with Gasteiger partial charge in [0.15, 0.2) is 9.84 Å². The van der Waals surface area contributed by atoms with E-state index >= 15 is 0 Å². The molecular formula is C22H24N2O4S2. The van der Waals surface area contributed by atoms with E-state index in [4.69, 9.17) is 4.74 Å². The molecule has 1 atom stereocenters. The highest BCUT2D eigenvalue weighted by atomic mass is 32.2. The fraction of sp³-hybridized carbons (Fsp3) is 0.273. The maximum absolute atomic E-state index is 12.7. The van der Waals surface area contributed by atoms with Crippen molar-refractivity contribution in [1.82, 2.24) is 10.3 Å². The lowest BCUT2D eigenvalue weighted by Gasteiger charge is -2.14. The molecule has 0 saturated carbocycles. The summed E-state index contributed by atoms with van der Waals surface area (Å²) in [5.74, 6) is 0.539. The molecule has 1 N–H and O–H groups in total. The van der Waals surface area contributed by atoms with Crippen molar-refractivity contribution in [2.75, 3.05) is 6.26 Å². The molecule has 1 heterocycles. The van der Waals surface area contributed by atoms with Gasteiger partial charge in [-0.15, -0.1) is 11.3 Å². The summed E-state index contributed by atoms with van der Waals surface area (Å²) in [6, 6.07) is 14.0. The topological polar surface area (TPSA) is 85.4 Å². The molecule has 1 amide bonds. The lowest BCUT2D eigenvalue weighted by Crippen LogP contribution is -2.26. The quantitative estimate of drug-likeness (QED) is 0.589. The minimum absolute atomic E-state index is 0.216. The summed E-state index contributed by atoms with van der Waals surface area (Å²) in [4.78, 5) is 18.0. The molecule has 8 heteroatoms. The second kappa shape index (κ2) is 8.97. The van der Waals surface area contributed by atoms with Gasteiger partial charge in [-0.2, -0.15) is 0 Å². The van der Waals surface area contributed by atoms with Gasteiger partial charge in [0.2, 0.25) is 0 Å². The lowest BCUT2D eigenvalue weighted by molar-refractivity contribution is 0.0943. The number of thiazole rings is 1. The number of ether oxygens (including phenoxy) is 1. The summed E-state index contributed by atoms with van der Waals surface area (Å²) in [5.41, 5.74) is 2.63. The summed E-state index contributed by atoms with van der Waals surface area (Å²) in [6.45, 7) is 5.96. The Hall–Kier alpha value is -2.71. The van der Waals surface area contributed by atoms with Crippen LogP contribution < -0.4 is 10.1 Å². The minimum Gasteiger partial charge on any atom is -0.486 e. The number of benzene rings is 2. The van der Waals surface area contributed by atoms with Crippen LogP contribution in [0.4, 0.5) is 0 Å². The van der Waals surface area contributed by atoms with Crippen molar-refractivity contribution in [3.05, 3.63) is 75.2 Å². The largest absolute Gasteiger partial charge is 0.486 e. The zero-order valence-corrected chi connectivity index (χ0v) is 18.9. The molecule has 1 unspecified atom stereocenters. The number of nitrogens with zero attached hydrogens (tertiary/aromatic N) is 1. The summed E-state index contributed by atoms with van der Waals surface area (Å²) >= 11 is 1.31. The van der Waals surface area contributed by atoms with Crippen LogP contribution in [0.3, 0.4) is 0 Å². The summed E-state index contributed by atoms with van der Waals surface area (Å²) < 4.78 is 28.9. The van der Waals surface area contributed by atoms with Crippen LogP contribution in [-0.2, 0) is 16.4 Å². The number of carbonyl (C=O) groups is 1. The van der Waals surface area contributed by atoms with Crippen LogP contribution in [0.15, 0.2) is 53.4 Å². The highest BCUT2D eigenvalue weighted by Crippen LogP contribution is 2.22. The monoisotopic (exact) mass is 444 g/mol. The first-order chi connectivity index (χ1) is 14.1. The summed E-state index contributed by atoms with van der Waals surface area (Å²) in [7, 11) is -3.25. The molecule has 30 heavy (non-hydrogen) atoms. The van der Waals surface area contributed by atoms with Crippen molar-refractivity contribution in [3.8, 4) is 5.75 Å². The van der Waals surface area contributed by atoms with Crippen molar-refractivity contribution in [2.24, 2.45) is 0 Å². The molecule has 0 fully saturated rings. The van der Waals surface area contributed by atoms with Gasteiger partial charge in [-0.05, 0) is 50.6 Å². The molecular weight excluding hydrogens is 420 g/mol. The Morgan fingerprint density at radius 3 is 2.33 bits per heavy atom. The number of aryl methyl sites for hydroxylation is 2. The van der Waals surface area contributed by atoms with Crippen molar-refractivity contribution in [3.63, 3.8) is 0 Å². The molecule has 0 saturated heterocycles. The smallest absolute Gasteiger partial charge is 0.263 e. The van der Waals surface area contributed by atoms with Crippen LogP contribution in [0.1, 0.15) is 44.5 Å². The van der Waals surface area contributed by atoms with Gasteiger partial charge in [0, 0.05) is 6.26 Å². The highest BCUT2D eigenvalue weighted by Gasteiger charge is 2.18. The summed E-state index contributed by atoms with van der Waals surface area (Å²) in [6.07, 6.45) is 1.17. The third-order valence-electron chi connectivity index (χ3n) is 4.59. The van der Waals surface area contributed by atoms with Gasteiger partial charge in [0.05, 0.1) is 16.6 Å². The van der Waals surface area contributed by atoms with E-state index in [9.17, 15) is 13.2 Å². The van der Waals surface area contributed by atoms with E-state index in [0.29, 0.717) is 17.2 Å². The van der Waals surface area contributed by atoms with Crippen LogP contribution >= 0.6 is 11.3 Å². The molecule has 0 aliphatic heterocycles. The van der Waals surface area contributed by atoms with Crippen LogP contribution in [0.5, 0.6) is 5.75 Å². The van der Waals surface area contributed by atoms with E-state index in [0.717, 1.165) is 21.9 Å². The van der Waals surface area contributed by atoms with Crippen LogP contribution in [0, 0.1) is 13.8 Å². The Kier molecular flexibility index (Phi) is 6.58. The molecule has 3 aromatic rings. The minimum atomic E-state index is -3.25. The third-order valence-corrected chi connectivity index (χ3v) is 6.84. The number of hydrogen-bond acceptors (Lipinski definition) is 6. The Labute approximate surface area is 180 Å². The Bertz CT molecular complexity index is 1130. The maximum atomic E-state index is 12.7. The van der Waals surface area contributed by atoms with Crippen LogP contribution in [0.2, 0.25) is 0 Å². The van der Waals surface area contributed by atoms with Crippen molar-refractivity contribution < 1.29 is 17.9 Å². The third kappa shape index (κ3) is 5.46. The van der Waals surface area contributed by atoms with Gasteiger partial charge in [-0.3, -0.25) is 4.79 Å². The zero-order chi connectivity index (χ0) is 21.9. The molecule has 1 aromatic heterocycles. The van der Waals surface area contributed by atoms with E-state index in [2.05, 4.69) is 10.3 Å². The number of amides is 1. The highest BCUT2D eigenvalue weighted by molar-refractivity contribution is 7.90. The van der Waals surface area contributed by atoms with E-state index in [1.807, 2.05) is 38.1 Å². The fourth-order valence-electron chi connectivity index (χ4n) is 2.85. The predicted octanol–water partition coefficient (Wildman–Crippen LogP) is 4.23. The molecule has 0 aliphatic rings. The fourth-order valence-corrected chi connectivity index (χ4v) is 4.36. The number of nitrogens with one attached hydrogen (secondary N) is 1. The molecule has 6 nitrogen and oxygen atoms in total. The molecule has 0 aliphatic carbocycles. The number of sulfone groups is 1. The van der Waals surface area contributed by atoms with Gasteiger partial charge in [0.25, 0.3) is 5.91 Å². The first kappa shape index (κ1) is 22.0. The Morgan fingerprint density at radius 2 is 1.73 bits per heavy atom. The van der Waals surface area contributed by atoms with Crippen molar-refractivity contribution in [1.29, 1.82) is 0 Å². The van der Waals surface area contributed by atoms with Crippen LogP contribution in [-0.4, -0.2) is 25.6 Å². The van der Waals surface area contributed by atoms with E-state index in [-0.39, 0.29) is 16.8 Å². The van der Waals surface area contributed by atoms with Crippen molar-refractivity contribution >= 4 is 27.1 Å². The standard InChI is InChI=1S/C22H24N2O4S2/c1-14-5-9-18(10-6-14)28-13-20-23-16(3)21(29-20)22(25)24-15(2)17-7-11-19(12-8-17)30(4,26)27/h5-12,15H,13H2,1-4H3,(H,24,25). The molecule has 3 rings (SSSR count). The lowest BCUT2D eigenvalue weighted by atomic mass is 10.1. The van der Waals surface area contributed by atoms with Gasteiger partial charge in [0.1, 0.15) is 22.2 Å². The second-order valence-electron chi connectivity index (χ2n) is 7.16. The normalized spacial score (nSPS) is 12.4. The first-order valence-electron chi connectivity index (χ1n) is 9.40. The molecule has 2 aromatic carbocycles. The number of aromatic nitrogens is 1. The number of rotatable bonds is 7. The molecule has 0 radical (unpaired) electrons. The van der Waals surface area contributed by atoms with E-state index < -0.39 is 9.84 Å². The van der Waals surface area contributed by atoms with Gasteiger partial charge >= 0.3 is 0 Å². The predicted molar refractivity (Wildman–Crippen MR) is 118 cm³/mol. The molecule has 0 bridgehead atoms. The molecule has 158 valence electrons. The second-order valence-corrected chi connectivity index (χ2v) is 10.3. The number of hydrogen-bond donors (Lipinski definition) is 1. The van der Waals surface area contributed by atoms with E-state index in [1.54, 1.807) is 31.2 Å². The van der Waals surface area contributed by atoms with E-state index in [1.165, 1.54) is 17.6 Å².